The highest BCUT2D eigenvalue weighted by Gasteiger charge is 2.18. The van der Waals surface area contributed by atoms with E-state index in [1.165, 1.54) is 13.4 Å². The summed E-state index contributed by atoms with van der Waals surface area (Å²) >= 11 is 0. The molecule has 0 spiro atoms. The average molecular weight is 592 g/mol. The second-order valence-electron chi connectivity index (χ2n) is 11.1. The Morgan fingerprint density at radius 1 is 1.05 bits per heavy atom. The summed E-state index contributed by atoms with van der Waals surface area (Å²) in [4.78, 5) is 27.9. The van der Waals surface area contributed by atoms with Crippen LogP contribution in [0.2, 0.25) is 0 Å². The lowest BCUT2D eigenvalue weighted by Gasteiger charge is -2.19. The van der Waals surface area contributed by atoms with E-state index < -0.39 is 11.7 Å². The van der Waals surface area contributed by atoms with Crippen LogP contribution in [0.3, 0.4) is 0 Å². The van der Waals surface area contributed by atoms with Crippen LogP contribution in [0.1, 0.15) is 65.8 Å². The molecule has 0 saturated carbocycles. The number of aromatic nitrogens is 5. The van der Waals surface area contributed by atoms with Gasteiger partial charge in [0.25, 0.3) is 0 Å². The maximum atomic E-state index is 11.7. The van der Waals surface area contributed by atoms with Crippen molar-refractivity contribution in [2.24, 2.45) is 0 Å². The van der Waals surface area contributed by atoms with E-state index in [0.717, 1.165) is 41.2 Å². The van der Waals surface area contributed by atoms with Gasteiger partial charge in [0.05, 0.1) is 25.5 Å². The number of rotatable bonds is 14. The number of anilines is 2. The number of hydrogen-bond acceptors (Lipinski definition) is 9. The smallest absolute Gasteiger partial charge is 0.407 e. The van der Waals surface area contributed by atoms with Gasteiger partial charge in [0, 0.05) is 24.8 Å². The Morgan fingerprint density at radius 2 is 1.84 bits per heavy atom. The average Bonchev–Trinajstić information content (AvgIpc) is 3.63. The Kier molecular flexibility index (Phi) is 10.6. The summed E-state index contributed by atoms with van der Waals surface area (Å²) in [5.41, 5.74) is 2.76. The zero-order valence-electron chi connectivity index (χ0n) is 25.5. The van der Waals surface area contributed by atoms with E-state index in [-0.39, 0.29) is 12.0 Å². The lowest BCUT2D eigenvalue weighted by atomic mass is 10.1. The van der Waals surface area contributed by atoms with Crippen molar-refractivity contribution in [3.63, 3.8) is 0 Å². The number of amides is 1. The second-order valence-corrected chi connectivity index (χ2v) is 11.1. The third-order valence-electron chi connectivity index (χ3n) is 6.60. The van der Waals surface area contributed by atoms with E-state index in [4.69, 9.17) is 19.3 Å². The molecule has 0 aliphatic carbocycles. The van der Waals surface area contributed by atoms with Gasteiger partial charge in [-0.15, -0.1) is 0 Å². The SMILES string of the molecule is CCCC(CCC(=O)OC)n1ccc(-c2ccc3c(Nc4ccc(OCCCNC(=O)OC(C)(C)C)cc4)ncnn23)n1. The highest BCUT2D eigenvalue weighted by atomic mass is 16.6. The number of hydrogen-bond donors (Lipinski definition) is 2. The van der Waals surface area contributed by atoms with Gasteiger partial charge in [0.15, 0.2) is 5.82 Å². The fraction of sp³-hybridized carbons (Fsp3) is 0.452. The minimum Gasteiger partial charge on any atom is -0.494 e. The number of esters is 1. The van der Waals surface area contributed by atoms with Gasteiger partial charge >= 0.3 is 12.1 Å². The molecule has 0 aliphatic heterocycles. The molecule has 12 nitrogen and oxygen atoms in total. The zero-order valence-corrected chi connectivity index (χ0v) is 25.5. The lowest BCUT2D eigenvalue weighted by Crippen LogP contribution is -2.33. The Morgan fingerprint density at radius 3 is 2.56 bits per heavy atom. The van der Waals surface area contributed by atoms with Crippen molar-refractivity contribution in [2.45, 2.75) is 71.4 Å². The van der Waals surface area contributed by atoms with Crippen LogP contribution < -0.4 is 15.4 Å². The number of nitrogens with one attached hydrogen (secondary N) is 2. The van der Waals surface area contributed by atoms with E-state index in [1.54, 1.807) is 0 Å². The van der Waals surface area contributed by atoms with Crippen LogP contribution in [0.25, 0.3) is 16.9 Å². The predicted molar refractivity (Wildman–Crippen MR) is 163 cm³/mol. The van der Waals surface area contributed by atoms with Crippen LogP contribution >= 0.6 is 0 Å². The number of benzene rings is 1. The Labute approximate surface area is 251 Å². The van der Waals surface area contributed by atoms with Gasteiger partial charge in [0.1, 0.15) is 28.9 Å². The summed E-state index contributed by atoms with van der Waals surface area (Å²) in [7, 11) is 1.41. The molecule has 0 saturated heterocycles. The number of alkyl carbamates (subject to hydrolysis) is 1. The molecule has 2 N–H and O–H groups in total. The molecule has 4 rings (SSSR count). The van der Waals surface area contributed by atoms with E-state index in [2.05, 4.69) is 27.6 Å². The molecule has 1 amide bonds. The highest BCUT2D eigenvalue weighted by molar-refractivity contribution is 5.77. The summed E-state index contributed by atoms with van der Waals surface area (Å²) in [5, 5.41) is 15.4. The van der Waals surface area contributed by atoms with Gasteiger partial charge in [-0.25, -0.2) is 14.3 Å². The maximum Gasteiger partial charge on any atom is 0.407 e. The van der Waals surface area contributed by atoms with Crippen molar-refractivity contribution in [3.8, 4) is 17.1 Å². The van der Waals surface area contributed by atoms with Crippen molar-refractivity contribution < 1.29 is 23.8 Å². The fourth-order valence-corrected chi connectivity index (χ4v) is 4.57. The Balaban J connectivity index is 1.35. The van der Waals surface area contributed by atoms with Gasteiger partial charge < -0.3 is 24.8 Å². The molecule has 4 aromatic rings. The topological polar surface area (TPSA) is 134 Å². The van der Waals surface area contributed by atoms with Crippen molar-refractivity contribution >= 4 is 29.1 Å². The van der Waals surface area contributed by atoms with Crippen LogP contribution in [0.15, 0.2) is 55.0 Å². The third-order valence-corrected chi connectivity index (χ3v) is 6.60. The maximum absolute atomic E-state index is 11.7. The largest absolute Gasteiger partial charge is 0.494 e. The first-order valence-corrected chi connectivity index (χ1v) is 14.6. The lowest BCUT2D eigenvalue weighted by molar-refractivity contribution is -0.140. The Hall–Kier alpha value is -4.61. The normalized spacial score (nSPS) is 12.1. The highest BCUT2D eigenvalue weighted by Crippen LogP contribution is 2.28. The molecule has 0 fully saturated rings. The zero-order chi connectivity index (χ0) is 30.8. The first-order chi connectivity index (χ1) is 20.7. The standard InChI is InChI=1S/C31H41N7O5/c1-6-8-23(11-16-28(39)41-5)37-19-17-25(36-37)26-14-15-27-29(33-21-34-38(26)27)35-22-9-12-24(13-10-22)42-20-7-18-32-30(40)43-31(2,3)4/h9-10,12-15,17,19,21,23H,6-8,11,16,18,20H2,1-5H3,(H,32,40)(H,33,34,35). The summed E-state index contributed by atoms with van der Waals surface area (Å²) < 4.78 is 19.6. The van der Waals surface area contributed by atoms with Crippen LogP contribution in [0.4, 0.5) is 16.3 Å². The number of carbonyl (C=O) groups is 2. The first kappa shape index (κ1) is 31.3. The molecule has 0 bridgehead atoms. The summed E-state index contributed by atoms with van der Waals surface area (Å²) in [6.07, 6.45) is 6.60. The number of ether oxygens (including phenoxy) is 3. The van der Waals surface area contributed by atoms with E-state index in [0.29, 0.717) is 38.2 Å². The summed E-state index contributed by atoms with van der Waals surface area (Å²) in [6.45, 7) is 8.53. The van der Waals surface area contributed by atoms with Crippen LogP contribution in [0, 0.1) is 0 Å². The van der Waals surface area contributed by atoms with Crippen molar-refractivity contribution in [2.75, 3.05) is 25.6 Å². The molecule has 3 heterocycles. The minimum atomic E-state index is -0.520. The molecule has 12 heteroatoms. The van der Waals surface area contributed by atoms with Crippen molar-refractivity contribution in [3.05, 3.63) is 55.0 Å². The number of fused-ring (bicyclic) bond motifs is 1. The molecule has 1 atom stereocenters. The van der Waals surface area contributed by atoms with Gasteiger partial charge in [-0.3, -0.25) is 9.48 Å². The molecule has 1 aromatic carbocycles. The van der Waals surface area contributed by atoms with E-state index >= 15 is 0 Å². The van der Waals surface area contributed by atoms with Crippen LogP contribution in [-0.2, 0) is 14.3 Å². The monoisotopic (exact) mass is 591 g/mol. The first-order valence-electron chi connectivity index (χ1n) is 14.6. The van der Waals surface area contributed by atoms with E-state index in [9.17, 15) is 9.59 Å². The predicted octanol–water partition coefficient (Wildman–Crippen LogP) is 5.92. The number of nitrogens with zero attached hydrogens (tertiary/aromatic N) is 5. The molecule has 230 valence electrons. The minimum absolute atomic E-state index is 0.108. The summed E-state index contributed by atoms with van der Waals surface area (Å²) in [5.74, 6) is 1.17. The van der Waals surface area contributed by atoms with Gasteiger partial charge in [0.2, 0.25) is 0 Å². The fourth-order valence-electron chi connectivity index (χ4n) is 4.57. The molecular formula is C31H41N7O5. The van der Waals surface area contributed by atoms with Crippen molar-refractivity contribution in [1.82, 2.24) is 29.7 Å². The number of methoxy groups -OCH3 is 1. The Bertz CT molecular complexity index is 1490. The third kappa shape index (κ3) is 8.94. The van der Waals surface area contributed by atoms with Gasteiger partial charge in [-0.2, -0.15) is 10.2 Å². The molecule has 0 aliphatic rings. The van der Waals surface area contributed by atoms with Crippen LogP contribution in [-0.4, -0.2) is 62.3 Å². The van der Waals surface area contributed by atoms with Gasteiger partial charge in [-0.05, 0) is 82.5 Å². The van der Waals surface area contributed by atoms with E-state index in [1.807, 2.05) is 78.6 Å². The molecule has 3 aromatic heterocycles. The molecule has 0 radical (unpaired) electrons. The summed E-state index contributed by atoms with van der Waals surface area (Å²) in [6, 6.07) is 13.6. The second kappa shape index (κ2) is 14.5. The van der Waals surface area contributed by atoms with Crippen LogP contribution in [0.5, 0.6) is 5.75 Å². The van der Waals surface area contributed by atoms with Gasteiger partial charge in [-0.1, -0.05) is 13.3 Å². The van der Waals surface area contributed by atoms with Crippen molar-refractivity contribution in [1.29, 1.82) is 0 Å². The molecular weight excluding hydrogens is 550 g/mol. The number of carbonyl (C=O) groups excluding carboxylic acids is 2. The molecule has 1 unspecified atom stereocenters. The quantitative estimate of drug-likeness (QED) is 0.135. The molecule has 43 heavy (non-hydrogen) atoms.